The normalized spacial score (nSPS) is 23.1. The average molecular weight is 244 g/mol. The quantitative estimate of drug-likeness (QED) is 0.526. The first-order valence-electron chi connectivity index (χ1n) is 1.01. The van der Waals surface area contributed by atoms with Gasteiger partial charge < -0.3 is 0 Å². The molecule has 0 fully saturated rings. The average Bonchev–Trinajstić information content (AvgIpc) is 0.592. The second-order valence-electron chi connectivity index (χ2n) is 0.958. The number of hydrogen-bond donors (Lipinski definition) is 0. The summed E-state index contributed by atoms with van der Waals surface area (Å²) in [4.78, 5) is 0. The summed E-state index contributed by atoms with van der Waals surface area (Å²) in [5, 5.41) is 0. The third-order valence-electron chi connectivity index (χ3n) is 0. The maximum absolute atomic E-state index is 5.00. The Kier molecular flexibility index (Phi) is 1.87. The molecule has 0 aromatic heterocycles. The zero-order chi connectivity index (χ0) is 6.41. The fraction of sp³-hybridized carbons (Fsp3) is 0. The van der Waals surface area contributed by atoms with Crippen LogP contribution in [0.25, 0.3) is 0 Å². The van der Waals surface area contributed by atoms with Crippen molar-refractivity contribution in [3.63, 3.8) is 0 Å². The molecule has 0 aliphatic heterocycles. The van der Waals surface area contributed by atoms with Gasteiger partial charge in [0, 0.05) is 0 Å². The van der Waals surface area contributed by atoms with Crippen molar-refractivity contribution < 1.29 is 0 Å². The van der Waals surface area contributed by atoms with Gasteiger partial charge in [-0.3, -0.25) is 0 Å². The zero-order valence-electron chi connectivity index (χ0n) is 2.72. The van der Waals surface area contributed by atoms with Crippen molar-refractivity contribution in [1.82, 2.24) is 0 Å². The second kappa shape index (κ2) is 1.42. The molecule has 0 bridgehead atoms. The first kappa shape index (κ1) is 9.17. The van der Waals surface area contributed by atoms with Crippen LogP contribution in [0.15, 0.2) is 0 Å². The van der Waals surface area contributed by atoms with E-state index < -0.39 is 2.06 Å². The van der Waals surface area contributed by atoms with E-state index in [9.17, 15) is 0 Å². The van der Waals surface area contributed by atoms with E-state index in [0.29, 0.717) is 0 Å². The van der Waals surface area contributed by atoms with Gasteiger partial charge in [0.25, 0.3) is 0 Å². The van der Waals surface area contributed by atoms with Gasteiger partial charge in [0.15, 0.2) is 0 Å². The van der Waals surface area contributed by atoms with Crippen LogP contribution in [0.1, 0.15) is 0 Å². The van der Waals surface area contributed by atoms with Gasteiger partial charge in [0.2, 0.25) is 0 Å². The van der Waals surface area contributed by atoms with Crippen molar-refractivity contribution in [2.75, 3.05) is 0 Å². The maximum atomic E-state index is 5.00. The van der Waals surface area contributed by atoms with Crippen molar-refractivity contribution in [3.8, 4) is 0 Å². The van der Waals surface area contributed by atoms with E-state index in [0.717, 1.165) is 0 Å². The van der Waals surface area contributed by atoms with Gasteiger partial charge in [-0.25, -0.2) is 0 Å². The fourth-order valence-corrected chi connectivity index (χ4v) is 0. The Bertz CT molecular complexity index is 62.7. The van der Waals surface area contributed by atoms with Crippen molar-refractivity contribution in [3.05, 3.63) is 0 Å². The van der Waals surface area contributed by atoms with Gasteiger partial charge in [-0.2, -0.15) is 0 Å². The molecule has 48 valence electrons. The van der Waals surface area contributed by atoms with Crippen LogP contribution < -0.4 is 0 Å². The van der Waals surface area contributed by atoms with Crippen LogP contribution in [-0.4, -0.2) is 0 Å². The van der Waals surface area contributed by atoms with Crippen LogP contribution in [0.5, 0.6) is 0 Å². The van der Waals surface area contributed by atoms with E-state index in [2.05, 4.69) is 0 Å². The molecule has 0 radical (unpaired) electrons. The van der Waals surface area contributed by atoms with Gasteiger partial charge >= 0.3 is 69.5 Å². The Balaban J connectivity index is 4.43. The fourth-order valence-electron chi connectivity index (χ4n) is 0. The van der Waals surface area contributed by atoms with Gasteiger partial charge in [-0.05, 0) is 0 Å². The first-order valence-corrected chi connectivity index (χ1v) is 9.13. The molecule has 0 aliphatic rings. The van der Waals surface area contributed by atoms with E-state index >= 15 is 0 Å². The Morgan fingerprint density at radius 3 is 0.571 bits per heavy atom. The Labute approximate surface area is 69.2 Å². The van der Waals surface area contributed by atoms with Gasteiger partial charge in [-0.15, -0.1) is 0 Å². The molecule has 0 rings (SSSR count). The third kappa shape index (κ3) is 66.1. The van der Waals surface area contributed by atoms with Crippen LogP contribution in [0, 0.1) is 0 Å². The molecule has 0 aliphatic carbocycles. The SMILES string of the molecule is Cl[P-](Cl)(Cl)(Cl)(Cl)Cl. The molecule has 7 heteroatoms. The number of halogens is 6. The van der Waals surface area contributed by atoms with Crippen LogP contribution in [0.3, 0.4) is 0 Å². The summed E-state index contributed by atoms with van der Waals surface area (Å²) in [6.07, 6.45) is 0. The summed E-state index contributed by atoms with van der Waals surface area (Å²) in [5.74, 6) is 0. The van der Waals surface area contributed by atoms with E-state index in [1.807, 2.05) is 0 Å². The first-order chi connectivity index (χ1) is 2.45. The minimum absolute atomic E-state index is 4.82. The summed E-state index contributed by atoms with van der Waals surface area (Å²) in [7, 11) is 0. The van der Waals surface area contributed by atoms with E-state index in [-0.39, 0.29) is 0 Å². The van der Waals surface area contributed by atoms with Crippen LogP contribution in [-0.2, 0) is 0 Å². The third-order valence-corrected chi connectivity index (χ3v) is 0. The molecular formula is Cl6P-. The zero-order valence-corrected chi connectivity index (χ0v) is 8.15. The summed E-state index contributed by atoms with van der Waals surface area (Å²) < 4.78 is -4.82. The van der Waals surface area contributed by atoms with Crippen molar-refractivity contribution in [2.45, 2.75) is 0 Å². The number of rotatable bonds is 0. The molecule has 0 aromatic rings. The number of hydrogen-bond acceptors (Lipinski definition) is 0. The molecule has 0 amide bonds. The molecule has 0 aromatic carbocycles. The molecule has 0 unspecified atom stereocenters. The predicted molar refractivity (Wildman–Crippen MR) is 42.0 cm³/mol. The summed E-state index contributed by atoms with van der Waals surface area (Å²) in [6, 6.07) is 0. The van der Waals surface area contributed by atoms with Crippen molar-refractivity contribution in [1.29, 1.82) is 0 Å². The molecule has 0 N–H and O–H groups in total. The van der Waals surface area contributed by atoms with Gasteiger partial charge in [0.1, 0.15) is 0 Å². The molecule has 0 saturated heterocycles. The van der Waals surface area contributed by atoms with E-state index in [1.54, 1.807) is 0 Å². The van der Waals surface area contributed by atoms with Crippen LogP contribution in [0.2, 0.25) is 0 Å². The minimum atomic E-state index is -4.82. The Hall–Kier alpha value is 2.17. The summed E-state index contributed by atoms with van der Waals surface area (Å²) in [6.45, 7) is 0. The van der Waals surface area contributed by atoms with Crippen molar-refractivity contribution in [2.24, 2.45) is 0 Å². The van der Waals surface area contributed by atoms with E-state index in [1.165, 1.54) is 0 Å². The van der Waals surface area contributed by atoms with Gasteiger partial charge in [-0.1, -0.05) is 0 Å². The molecule has 0 saturated carbocycles. The molecule has 0 atom stereocenters. The van der Waals surface area contributed by atoms with E-state index in [4.69, 9.17) is 67.4 Å². The molecule has 0 heterocycles. The van der Waals surface area contributed by atoms with Gasteiger partial charge in [0.05, 0.1) is 0 Å². The summed E-state index contributed by atoms with van der Waals surface area (Å²) in [5.41, 5.74) is 0. The van der Waals surface area contributed by atoms with Crippen LogP contribution >= 0.6 is 69.5 Å². The molecule has 0 spiro atoms. The summed E-state index contributed by atoms with van der Waals surface area (Å²) >= 11 is 30.0. The molecular weight excluding hydrogens is 244 g/mol. The Morgan fingerprint density at radius 2 is 0.571 bits per heavy atom. The van der Waals surface area contributed by atoms with Crippen molar-refractivity contribution >= 4 is 69.5 Å². The monoisotopic (exact) mass is 241 g/mol. The van der Waals surface area contributed by atoms with Crippen LogP contribution in [0.4, 0.5) is 0 Å². The Morgan fingerprint density at radius 1 is 0.571 bits per heavy atom. The standard InChI is InChI=1S/Cl6P/c1-7(2,3,4,5)6/q-1. The predicted octanol–water partition coefficient (Wildman–Crippen LogP) is 5.00. The molecule has 0 nitrogen and oxygen atoms in total. The topological polar surface area (TPSA) is 0 Å². The molecule has 7 heavy (non-hydrogen) atoms. The second-order valence-corrected chi connectivity index (χ2v) is 25.9.